The number of aromatic nitrogens is 2. The molecule has 0 saturated carbocycles. The maximum absolute atomic E-state index is 13.1. The number of hydrogen-bond acceptors (Lipinski definition) is 10. The quantitative estimate of drug-likeness (QED) is 0.0764. The van der Waals surface area contributed by atoms with Crippen molar-refractivity contribution in [3.63, 3.8) is 0 Å². The van der Waals surface area contributed by atoms with Crippen molar-refractivity contribution in [3.8, 4) is 56.3 Å². The zero-order chi connectivity index (χ0) is 37.9. The van der Waals surface area contributed by atoms with Crippen molar-refractivity contribution >= 4 is 11.7 Å². The highest BCUT2D eigenvalue weighted by molar-refractivity contribution is 5.88. The average molecular weight is 730 g/mol. The van der Waals surface area contributed by atoms with E-state index in [1.165, 1.54) is 0 Å². The molecular weight excluding hydrogens is 686 g/mol. The van der Waals surface area contributed by atoms with E-state index >= 15 is 0 Å². The molecule has 4 aromatic carbocycles. The second kappa shape index (κ2) is 18.1. The van der Waals surface area contributed by atoms with Crippen LogP contribution in [0, 0.1) is 0 Å². The van der Waals surface area contributed by atoms with Gasteiger partial charge in [0, 0.05) is 24.1 Å². The Hall–Kier alpha value is -6.04. The van der Waals surface area contributed by atoms with E-state index in [1.807, 2.05) is 97.1 Å². The number of carbonyl (C=O) groups is 2. The summed E-state index contributed by atoms with van der Waals surface area (Å²) in [6.45, 7) is 0.321. The average Bonchev–Trinajstić information content (AvgIpc) is 3.83. The molecule has 0 spiro atoms. The molecule has 1 amide bonds. The molecule has 6 rings (SSSR count). The fourth-order valence-electron chi connectivity index (χ4n) is 6.26. The third-order valence-electron chi connectivity index (χ3n) is 9.24. The number of carbonyl (C=O) groups excluding carboxylic acids is 2. The molecule has 11 heteroatoms. The number of ketones is 1. The Bertz CT molecular complexity index is 1980. The summed E-state index contributed by atoms with van der Waals surface area (Å²) >= 11 is 0. The first kappa shape index (κ1) is 37.7. The van der Waals surface area contributed by atoms with E-state index in [0.717, 1.165) is 56.7 Å². The Morgan fingerprint density at radius 1 is 0.593 bits per heavy atom. The Kier molecular flexibility index (Phi) is 12.7. The molecule has 11 nitrogen and oxygen atoms in total. The molecule has 0 unspecified atom stereocenters. The molecule has 0 bridgehead atoms. The number of nitrogens with zero attached hydrogens (tertiary/aromatic N) is 2. The standard InChI is InChI=1S/C43H43N3O8/c1-51-35-19-15-31(16-20-35)41-38(54-46-42(41)32-13-9-29(27-48)10-14-32)25-39(50)44-23-5-3-4-6-34(49)24-37-40(30-11-7-28(26-47)8-12-30)43(45-53-37)33-17-21-36(52-2)22-18-33/h7-22,47-48H,3-6,23-27H2,1-2H3,(H,44,50). The third-order valence-corrected chi connectivity index (χ3v) is 9.24. The second-order valence-corrected chi connectivity index (χ2v) is 12.9. The molecule has 2 heterocycles. The lowest BCUT2D eigenvalue weighted by molar-refractivity contribution is -0.121. The highest BCUT2D eigenvalue weighted by Crippen LogP contribution is 2.37. The Balaban J connectivity index is 1.03. The van der Waals surface area contributed by atoms with E-state index < -0.39 is 0 Å². The van der Waals surface area contributed by atoms with Crippen molar-refractivity contribution in [3.05, 3.63) is 120 Å². The molecule has 0 radical (unpaired) electrons. The fourth-order valence-corrected chi connectivity index (χ4v) is 6.26. The number of rotatable bonds is 18. The zero-order valence-corrected chi connectivity index (χ0v) is 30.3. The van der Waals surface area contributed by atoms with Crippen LogP contribution in [-0.2, 0) is 35.6 Å². The van der Waals surface area contributed by atoms with Gasteiger partial charge in [-0.25, -0.2) is 0 Å². The van der Waals surface area contributed by atoms with Gasteiger partial charge >= 0.3 is 0 Å². The van der Waals surface area contributed by atoms with Crippen molar-refractivity contribution in [1.29, 1.82) is 0 Å². The molecule has 0 aliphatic heterocycles. The predicted molar refractivity (Wildman–Crippen MR) is 204 cm³/mol. The van der Waals surface area contributed by atoms with E-state index in [2.05, 4.69) is 15.6 Å². The van der Waals surface area contributed by atoms with E-state index in [0.29, 0.717) is 54.5 Å². The lowest BCUT2D eigenvalue weighted by Gasteiger charge is -2.08. The minimum absolute atomic E-state index is 0.00231. The number of benzene rings is 4. The third kappa shape index (κ3) is 9.11. The molecule has 54 heavy (non-hydrogen) atoms. The monoisotopic (exact) mass is 729 g/mol. The van der Waals surface area contributed by atoms with E-state index in [4.69, 9.17) is 18.5 Å². The topological polar surface area (TPSA) is 157 Å². The van der Waals surface area contributed by atoms with Gasteiger partial charge in [0.2, 0.25) is 5.91 Å². The zero-order valence-electron chi connectivity index (χ0n) is 30.3. The normalized spacial score (nSPS) is 11.0. The molecule has 6 aromatic rings. The molecule has 0 aliphatic rings. The Morgan fingerprint density at radius 3 is 1.52 bits per heavy atom. The van der Waals surface area contributed by atoms with Crippen LogP contribution in [-0.4, -0.2) is 53.0 Å². The number of Topliss-reactive ketones (excluding diaryl/α,β-unsaturated/α-hetero) is 1. The van der Waals surface area contributed by atoms with Crippen LogP contribution < -0.4 is 14.8 Å². The summed E-state index contributed by atoms with van der Waals surface area (Å²) in [5.41, 5.74) is 7.56. The maximum atomic E-state index is 13.1. The van der Waals surface area contributed by atoms with Crippen LogP contribution >= 0.6 is 0 Å². The molecule has 0 saturated heterocycles. The molecular formula is C43H43N3O8. The summed E-state index contributed by atoms with van der Waals surface area (Å²) in [4.78, 5) is 26.2. The van der Waals surface area contributed by atoms with Gasteiger partial charge in [-0.1, -0.05) is 77.4 Å². The summed E-state index contributed by atoms with van der Waals surface area (Å²) in [6, 6.07) is 29.8. The van der Waals surface area contributed by atoms with Gasteiger partial charge in [0.1, 0.15) is 28.7 Å². The van der Waals surface area contributed by atoms with Crippen LogP contribution in [0.25, 0.3) is 44.8 Å². The van der Waals surface area contributed by atoms with Crippen LogP contribution in [0.1, 0.15) is 48.3 Å². The van der Waals surface area contributed by atoms with Crippen molar-refractivity contribution in [1.82, 2.24) is 15.6 Å². The lowest BCUT2D eigenvalue weighted by atomic mass is 9.96. The summed E-state index contributed by atoms with van der Waals surface area (Å²) in [5.74, 6) is 2.19. The fraction of sp³-hybridized carbons (Fsp3) is 0.256. The van der Waals surface area contributed by atoms with E-state index in [-0.39, 0.29) is 37.7 Å². The van der Waals surface area contributed by atoms with Gasteiger partial charge in [-0.05, 0) is 71.5 Å². The van der Waals surface area contributed by atoms with Gasteiger partial charge < -0.3 is 34.0 Å². The molecule has 278 valence electrons. The number of unbranched alkanes of at least 4 members (excludes halogenated alkanes) is 2. The van der Waals surface area contributed by atoms with Crippen molar-refractivity contribution < 1.29 is 38.3 Å². The number of aliphatic hydroxyl groups excluding tert-OH is 2. The van der Waals surface area contributed by atoms with Gasteiger partial charge in [-0.2, -0.15) is 0 Å². The number of ether oxygens (including phenoxy) is 2. The first-order valence-electron chi connectivity index (χ1n) is 17.8. The number of amides is 1. The van der Waals surface area contributed by atoms with Crippen LogP contribution in [0.3, 0.4) is 0 Å². The van der Waals surface area contributed by atoms with E-state index in [9.17, 15) is 19.8 Å². The van der Waals surface area contributed by atoms with E-state index in [1.54, 1.807) is 14.2 Å². The van der Waals surface area contributed by atoms with Gasteiger partial charge in [0.15, 0.2) is 11.5 Å². The van der Waals surface area contributed by atoms with Crippen molar-refractivity contribution in [2.45, 2.75) is 51.7 Å². The van der Waals surface area contributed by atoms with Gasteiger partial charge in [-0.3, -0.25) is 9.59 Å². The summed E-state index contributed by atoms with van der Waals surface area (Å²) in [5, 5.41) is 30.6. The molecule has 2 aromatic heterocycles. The number of hydrogen-bond donors (Lipinski definition) is 3. The molecule has 3 N–H and O–H groups in total. The molecule has 0 fully saturated rings. The van der Waals surface area contributed by atoms with Crippen LogP contribution in [0.5, 0.6) is 11.5 Å². The summed E-state index contributed by atoms with van der Waals surface area (Å²) in [6.07, 6.45) is 2.58. The van der Waals surface area contributed by atoms with Crippen LogP contribution in [0.15, 0.2) is 106 Å². The SMILES string of the molecule is COc1ccc(-c2noc(CC(=O)CCCCCNC(=O)Cc3onc(-c4ccc(CO)cc4)c3-c3ccc(OC)cc3)c2-c2ccc(CO)cc2)cc1. The van der Waals surface area contributed by atoms with Crippen LogP contribution in [0.2, 0.25) is 0 Å². The summed E-state index contributed by atoms with van der Waals surface area (Å²) in [7, 11) is 3.21. The largest absolute Gasteiger partial charge is 0.497 e. The highest BCUT2D eigenvalue weighted by Gasteiger charge is 2.23. The lowest BCUT2D eigenvalue weighted by Crippen LogP contribution is -2.26. The number of aliphatic hydroxyl groups is 2. The van der Waals surface area contributed by atoms with Gasteiger partial charge in [0.25, 0.3) is 0 Å². The number of nitrogens with one attached hydrogen (secondary N) is 1. The Morgan fingerprint density at radius 2 is 1.04 bits per heavy atom. The smallest absolute Gasteiger partial charge is 0.227 e. The first-order chi connectivity index (χ1) is 26.4. The Labute approximate surface area is 313 Å². The van der Waals surface area contributed by atoms with Gasteiger partial charge in [0.05, 0.1) is 51.4 Å². The van der Waals surface area contributed by atoms with Crippen LogP contribution in [0.4, 0.5) is 0 Å². The second-order valence-electron chi connectivity index (χ2n) is 12.9. The highest BCUT2D eigenvalue weighted by atomic mass is 16.5. The first-order valence-corrected chi connectivity index (χ1v) is 17.8. The summed E-state index contributed by atoms with van der Waals surface area (Å²) < 4.78 is 22.1. The minimum Gasteiger partial charge on any atom is -0.497 e. The molecule has 0 atom stereocenters. The minimum atomic E-state index is -0.197. The number of methoxy groups -OCH3 is 2. The van der Waals surface area contributed by atoms with Gasteiger partial charge in [-0.15, -0.1) is 0 Å². The molecule has 0 aliphatic carbocycles. The maximum Gasteiger partial charge on any atom is 0.227 e. The van der Waals surface area contributed by atoms with Crippen molar-refractivity contribution in [2.24, 2.45) is 0 Å². The van der Waals surface area contributed by atoms with Crippen molar-refractivity contribution in [2.75, 3.05) is 20.8 Å². The predicted octanol–water partition coefficient (Wildman–Crippen LogP) is 7.36.